The monoisotopic (exact) mass is 183 g/mol. The van der Waals surface area contributed by atoms with Gasteiger partial charge in [-0.1, -0.05) is 34.1 Å². The van der Waals surface area contributed by atoms with Crippen LogP contribution >= 0.6 is 0 Å². The first-order valence-electron chi connectivity index (χ1n) is 5.07. The van der Waals surface area contributed by atoms with Gasteiger partial charge in [0.05, 0.1) is 0 Å². The van der Waals surface area contributed by atoms with E-state index in [0.29, 0.717) is 11.6 Å². The Balaban J connectivity index is 2.43. The predicted octanol–water partition coefficient (Wildman–Crippen LogP) is 2.01. The lowest BCUT2D eigenvalue weighted by molar-refractivity contribution is 0.213. The lowest BCUT2D eigenvalue weighted by Gasteiger charge is -2.30. The van der Waals surface area contributed by atoms with E-state index in [2.05, 4.69) is 43.1 Å². The first-order valence-corrected chi connectivity index (χ1v) is 5.07. The molecule has 76 valence electrons. The lowest BCUT2D eigenvalue weighted by atomic mass is 9.96. The second-order valence-corrected chi connectivity index (χ2v) is 4.91. The van der Waals surface area contributed by atoms with E-state index in [1.165, 1.54) is 6.42 Å². The summed E-state index contributed by atoms with van der Waals surface area (Å²) in [7, 11) is 0. The van der Waals surface area contributed by atoms with Crippen molar-refractivity contribution in [1.82, 2.24) is 10.3 Å². The van der Waals surface area contributed by atoms with Gasteiger partial charge in [0, 0.05) is 6.54 Å². The highest BCUT2D eigenvalue weighted by Crippen LogP contribution is 2.18. The number of rotatable bonds is 3. The van der Waals surface area contributed by atoms with Gasteiger partial charge in [0.2, 0.25) is 0 Å². The Morgan fingerprint density at radius 1 is 1.46 bits per heavy atom. The van der Waals surface area contributed by atoms with Crippen LogP contribution in [0, 0.1) is 5.41 Å². The van der Waals surface area contributed by atoms with Crippen LogP contribution in [0.5, 0.6) is 0 Å². The molecule has 0 aromatic rings. The van der Waals surface area contributed by atoms with Crippen molar-refractivity contribution < 1.29 is 0 Å². The summed E-state index contributed by atoms with van der Waals surface area (Å²) >= 11 is 0. The molecule has 1 rings (SSSR count). The van der Waals surface area contributed by atoms with Crippen molar-refractivity contribution in [3.63, 3.8) is 0 Å². The number of hydrogen-bond donors (Lipinski definition) is 1. The maximum absolute atomic E-state index is 4.10. The van der Waals surface area contributed by atoms with Gasteiger partial charge in [0.1, 0.15) is 12.5 Å². The van der Waals surface area contributed by atoms with Crippen LogP contribution < -0.4 is 5.43 Å². The summed E-state index contributed by atoms with van der Waals surface area (Å²) in [6, 6.07) is 0. The van der Waals surface area contributed by atoms with Crippen molar-refractivity contribution in [2.24, 2.45) is 10.5 Å². The van der Waals surface area contributed by atoms with Crippen molar-refractivity contribution >= 4 is 6.34 Å². The molecule has 0 bridgehead atoms. The molecule has 3 heteroatoms. The molecule has 0 aliphatic carbocycles. The van der Waals surface area contributed by atoms with Crippen molar-refractivity contribution in [2.75, 3.05) is 6.54 Å². The highest BCUT2D eigenvalue weighted by atomic mass is 15.5. The zero-order valence-corrected chi connectivity index (χ0v) is 9.17. The molecular weight excluding hydrogens is 162 g/mol. The van der Waals surface area contributed by atoms with Crippen LogP contribution in [0.15, 0.2) is 5.10 Å². The van der Waals surface area contributed by atoms with Crippen LogP contribution in [0.25, 0.3) is 0 Å². The van der Waals surface area contributed by atoms with Crippen LogP contribution in [0.3, 0.4) is 0 Å². The Morgan fingerprint density at radius 2 is 2.15 bits per heavy atom. The van der Waals surface area contributed by atoms with E-state index in [0.717, 1.165) is 13.0 Å². The van der Waals surface area contributed by atoms with E-state index in [-0.39, 0.29) is 0 Å². The molecule has 0 aromatic carbocycles. The molecule has 13 heavy (non-hydrogen) atoms. The first kappa shape index (κ1) is 10.4. The van der Waals surface area contributed by atoms with E-state index in [1.807, 2.05) is 6.34 Å². The van der Waals surface area contributed by atoms with E-state index < -0.39 is 0 Å². The van der Waals surface area contributed by atoms with Gasteiger partial charge < -0.3 is 4.90 Å². The Morgan fingerprint density at radius 3 is 2.69 bits per heavy atom. The molecule has 1 heterocycles. The smallest absolute Gasteiger partial charge is 0.116 e. The molecule has 3 nitrogen and oxygen atoms in total. The van der Waals surface area contributed by atoms with Gasteiger partial charge in [-0.15, -0.1) is 0 Å². The fraction of sp³-hybridized carbons (Fsp3) is 0.900. The second-order valence-electron chi connectivity index (χ2n) is 4.91. The molecule has 1 N–H and O–H groups in total. The molecule has 0 saturated carbocycles. The Bertz CT molecular complexity index is 181. The average molecular weight is 183 g/mol. The maximum atomic E-state index is 4.10. The molecule has 0 radical (unpaired) electrons. The number of hydrogen-bond acceptors (Lipinski definition) is 3. The molecule has 0 amide bonds. The van der Waals surface area contributed by atoms with Gasteiger partial charge in [-0.3, -0.25) is 5.43 Å². The third kappa shape index (κ3) is 3.25. The van der Waals surface area contributed by atoms with Gasteiger partial charge in [0.15, 0.2) is 0 Å². The lowest BCUT2D eigenvalue weighted by Crippen LogP contribution is -2.41. The van der Waals surface area contributed by atoms with E-state index in [1.54, 1.807) is 0 Å². The fourth-order valence-electron chi connectivity index (χ4n) is 1.55. The molecule has 1 atom stereocenters. The standard InChI is InChI=1S/C10H21N3/c1-5-6-9-12-11-8-13(9)7-10(2,3)4/h8-9,12H,5-7H2,1-4H3. The third-order valence-corrected chi connectivity index (χ3v) is 2.05. The minimum absolute atomic E-state index is 0.337. The summed E-state index contributed by atoms with van der Waals surface area (Å²) in [6.45, 7) is 10.0. The highest BCUT2D eigenvalue weighted by molar-refractivity contribution is 5.57. The Labute approximate surface area is 81.2 Å². The quantitative estimate of drug-likeness (QED) is 0.724. The number of nitrogens with one attached hydrogen (secondary N) is 1. The summed E-state index contributed by atoms with van der Waals surface area (Å²) in [5.41, 5.74) is 3.46. The molecule has 1 aliphatic rings. The van der Waals surface area contributed by atoms with Crippen molar-refractivity contribution in [2.45, 2.75) is 46.7 Å². The topological polar surface area (TPSA) is 27.6 Å². The van der Waals surface area contributed by atoms with Gasteiger partial charge in [-0.05, 0) is 11.8 Å². The Kier molecular flexibility index (Phi) is 3.17. The Hall–Kier alpha value is -0.730. The summed E-state index contributed by atoms with van der Waals surface area (Å²) in [6.07, 6.45) is 4.70. The van der Waals surface area contributed by atoms with Gasteiger partial charge in [-0.25, -0.2) is 0 Å². The minimum atomic E-state index is 0.337. The molecule has 1 aliphatic heterocycles. The van der Waals surface area contributed by atoms with Crippen LogP contribution in [0.4, 0.5) is 0 Å². The second kappa shape index (κ2) is 3.99. The normalized spacial score (nSPS) is 22.2. The average Bonchev–Trinajstić information content (AvgIpc) is 2.34. The zero-order chi connectivity index (χ0) is 9.90. The van der Waals surface area contributed by atoms with Gasteiger partial charge >= 0.3 is 0 Å². The first-order chi connectivity index (χ1) is 6.03. The van der Waals surface area contributed by atoms with E-state index >= 15 is 0 Å². The SMILES string of the molecule is CCCC1NN=CN1CC(C)(C)C. The van der Waals surface area contributed by atoms with Crippen LogP contribution in [0.1, 0.15) is 40.5 Å². The molecular formula is C10H21N3. The summed E-state index contributed by atoms with van der Waals surface area (Å²) in [5, 5.41) is 4.10. The zero-order valence-electron chi connectivity index (χ0n) is 9.17. The van der Waals surface area contributed by atoms with E-state index in [9.17, 15) is 0 Å². The number of nitrogens with zero attached hydrogens (tertiary/aromatic N) is 2. The molecule has 0 aromatic heterocycles. The largest absolute Gasteiger partial charge is 0.339 e. The van der Waals surface area contributed by atoms with E-state index in [4.69, 9.17) is 0 Å². The third-order valence-electron chi connectivity index (χ3n) is 2.05. The molecule has 0 saturated heterocycles. The van der Waals surface area contributed by atoms with Crippen LogP contribution in [-0.2, 0) is 0 Å². The fourth-order valence-corrected chi connectivity index (χ4v) is 1.55. The summed E-state index contributed by atoms with van der Waals surface area (Å²) in [5.74, 6) is 0. The number of hydrazone groups is 1. The predicted molar refractivity (Wildman–Crippen MR) is 56.5 cm³/mol. The molecule has 0 spiro atoms. The van der Waals surface area contributed by atoms with Crippen molar-refractivity contribution in [3.8, 4) is 0 Å². The van der Waals surface area contributed by atoms with Crippen molar-refractivity contribution in [3.05, 3.63) is 0 Å². The van der Waals surface area contributed by atoms with Crippen molar-refractivity contribution in [1.29, 1.82) is 0 Å². The molecule has 0 fully saturated rings. The van der Waals surface area contributed by atoms with Crippen LogP contribution in [-0.4, -0.2) is 23.9 Å². The van der Waals surface area contributed by atoms with Gasteiger partial charge in [0.25, 0.3) is 0 Å². The van der Waals surface area contributed by atoms with Gasteiger partial charge in [-0.2, -0.15) is 5.10 Å². The summed E-state index contributed by atoms with van der Waals surface area (Å²) in [4.78, 5) is 2.30. The molecule has 1 unspecified atom stereocenters. The highest BCUT2D eigenvalue weighted by Gasteiger charge is 2.23. The minimum Gasteiger partial charge on any atom is -0.339 e. The summed E-state index contributed by atoms with van der Waals surface area (Å²) < 4.78 is 0. The maximum Gasteiger partial charge on any atom is 0.116 e. The van der Waals surface area contributed by atoms with Crippen LogP contribution in [0.2, 0.25) is 0 Å².